The quantitative estimate of drug-likeness (QED) is 0.840. The standard InChI is InChI=1S/C13H17ClN2/c14-13-3-1-2-9-6-11(16-8-12(9)13)7-15-10-4-5-10/h1-3,10-11,15-16H,4-8H2. The summed E-state index contributed by atoms with van der Waals surface area (Å²) in [6.45, 7) is 1.99. The zero-order valence-corrected chi connectivity index (χ0v) is 10.1. The highest BCUT2D eigenvalue weighted by Gasteiger charge is 2.24. The van der Waals surface area contributed by atoms with E-state index in [9.17, 15) is 0 Å². The molecule has 1 saturated carbocycles. The zero-order chi connectivity index (χ0) is 11.0. The first-order chi connectivity index (χ1) is 7.83. The van der Waals surface area contributed by atoms with Crippen molar-refractivity contribution in [3.05, 3.63) is 34.3 Å². The summed E-state index contributed by atoms with van der Waals surface area (Å²) in [5.41, 5.74) is 2.70. The van der Waals surface area contributed by atoms with Crippen LogP contribution in [0.25, 0.3) is 0 Å². The Morgan fingerprint density at radius 1 is 1.38 bits per heavy atom. The van der Waals surface area contributed by atoms with Gasteiger partial charge in [-0.1, -0.05) is 23.7 Å². The van der Waals surface area contributed by atoms with Gasteiger partial charge >= 0.3 is 0 Å². The second-order valence-corrected chi connectivity index (χ2v) is 5.25. The van der Waals surface area contributed by atoms with Crippen LogP contribution in [0.2, 0.25) is 5.02 Å². The van der Waals surface area contributed by atoms with Crippen LogP contribution < -0.4 is 10.6 Å². The van der Waals surface area contributed by atoms with Crippen LogP contribution in [0.15, 0.2) is 18.2 Å². The third kappa shape index (κ3) is 2.24. The van der Waals surface area contributed by atoms with Crippen LogP contribution in [-0.2, 0) is 13.0 Å². The summed E-state index contributed by atoms with van der Waals surface area (Å²) in [6.07, 6.45) is 3.81. The third-order valence-electron chi connectivity index (χ3n) is 3.48. The van der Waals surface area contributed by atoms with Crippen LogP contribution in [0, 0.1) is 0 Å². The van der Waals surface area contributed by atoms with Gasteiger partial charge in [-0.15, -0.1) is 0 Å². The van der Waals surface area contributed by atoms with Gasteiger partial charge in [0.05, 0.1) is 0 Å². The van der Waals surface area contributed by atoms with Crippen LogP contribution >= 0.6 is 11.6 Å². The Balaban J connectivity index is 1.65. The predicted octanol–water partition coefficient (Wildman–Crippen LogP) is 2.11. The number of hydrogen-bond donors (Lipinski definition) is 2. The molecule has 2 aliphatic rings. The molecule has 0 amide bonds. The van der Waals surface area contributed by atoms with Crippen LogP contribution in [-0.4, -0.2) is 18.6 Å². The molecule has 1 atom stereocenters. The molecular formula is C13H17ClN2. The Morgan fingerprint density at radius 3 is 3.06 bits per heavy atom. The lowest BCUT2D eigenvalue weighted by atomic mass is 9.96. The molecule has 2 nitrogen and oxygen atoms in total. The van der Waals surface area contributed by atoms with Crippen LogP contribution in [0.5, 0.6) is 0 Å². The molecular weight excluding hydrogens is 220 g/mol. The van der Waals surface area contributed by atoms with E-state index in [0.717, 1.165) is 30.6 Å². The third-order valence-corrected chi connectivity index (χ3v) is 3.83. The van der Waals surface area contributed by atoms with Crippen molar-refractivity contribution in [2.45, 2.75) is 37.9 Å². The van der Waals surface area contributed by atoms with Crippen LogP contribution in [0.4, 0.5) is 0 Å². The summed E-state index contributed by atoms with van der Waals surface area (Å²) in [5.74, 6) is 0. The maximum Gasteiger partial charge on any atom is 0.0453 e. The molecule has 16 heavy (non-hydrogen) atoms. The fraction of sp³-hybridized carbons (Fsp3) is 0.538. The molecule has 2 N–H and O–H groups in total. The Hall–Kier alpha value is -0.570. The van der Waals surface area contributed by atoms with E-state index in [2.05, 4.69) is 22.8 Å². The lowest BCUT2D eigenvalue weighted by molar-refractivity contribution is 0.447. The summed E-state index contributed by atoms with van der Waals surface area (Å²) < 4.78 is 0. The maximum absolute atomic E-state index is 6.17. The Morgan fingerprint density at radius 2 is 2.25 bits per heavy atom. The Labute approximate surface area is 101 Å². The number of halogens is 1. The molecule has 86 valence electrons. The molecule has 0 radical (unpaired) electrons. The molecule has 0 bridgehead atoms. The first-order valence-corrected chi connectivity index (χ1v) is 6.44. The molecule has 1 aliphatic carbocycles. The number of fused-ring (bicyclic) bond motifs is 1. The molecule has 1 aromatic carbocycles. The van der Waals surface area contributed by atoms with Crippen LogP contribution in [0.3, 0.4) is 0 Å². The molecule has 1 unspecified atom stereocenters. The van der Waals surface area contributed by atoms with Gasteiger partial charge in [-0.2, -0.15) is 0 Å². The topological polar surface area (TPSA) is 24.1 Å². The van der Waals surface area contributed by atoms with E-state index in [0.29, 0.717) is 6.04 Å². The molecule has 1 fully saturated rings. The van der Waals surface area contributed by atoms with Gasteiger partial charge in [0.15, 0.2) is 0 Å². The molecule has 3 heteroatoms. The Bertz CT molecular complexity index is 388. The highest BCUT2D eigenvalue weighted by molar-refractivity contribution is 6.31. The van der Waals surface area contributed by atoms with Gasteiger partial charge in [-0.25, -0.2) is 0 Å². The molecule has 0 spiro atoms. The summed E-state index contributed by atoms with van der Waals surface area (Å²) >= 11 is 6.17. The van der Waals surface area contributed by atoms with Gasteiger partial charge in [-0.3, -0.25) is 0 Å². The van der Waals surface area contributed by atoms with Crippen molar-refractivity contribution in [2.75, 3.05) is 6.54 Å². The largest absolute Gasteiger partial charge is 0.312 e. The van der Waals surface area contributed by atoms with Crippen molar-refractivity contribution in [3.63, 3.8) is 0 Å². The molecule has 0 aromatic heterocycles. The van der Waals surface area contributed by atoms with Crippen LogP contribution in [0.1, 0.15) is 24.0 Å². The second kappa shape index (κ2) is 4.36. The van der Waals surface area contributed by atoms with Gasteiger partial charge in [-0.05, 0) is 36.5 Å². The van der Waals surface area contributed by atoms with Gasteiger partial charge in [0, 0.05) is 30.2 Å². The summed E-state index contributed by atoms with van der Waals surface area (Å²) in [7, 11) is 0. The minimum absolute atomic E-state index is 0.562. The van der Waals surface area contributed by atoms with E-state index < -0.39 is 0 Å². The van der Waals surface area contributed by atoms with Crippen molar-refractivity contribution in [1.29, 1.82) is 0 Å². The zero-order valence-electron chi connectivity index (χ0n) is 9.30. The number of rotatable bonds is 3. The molecule has 1 heterocycles. The Kier molecular flexibility index (Phi) is 2.88. The SMILES string of the molecule is Clc1cccc2c1CNC(CNC1CC1)C2. The monoisotopic (exact) mass is 236 g/mol. The highest BCUT2D eigenvalue weighted by atomic mass is 35.5. The van der Waals surface area contributed by atoms with E-state index in [1.165, 1.54) is 24.0 Å². The minimum Gasteiger partial charge on any atom is -0.312 e. The maximum atomic E-state index is 6.17. The lowest BCUT2D eigenvalue weighted by Gasteiger charge is -2.27. The fourth-order valence-electron chi connectivity index (χ4n) is 2.32. The summed E-state index contributed by atoms with van der Waals surface area (Å²) in [6, 6.07) is 7.59. The van der Waals surface area contributed by atoms with Gasteiger partial charge in [0.2, 0.25) is 0 Å². The minimum atomic E-state index is 0.562. The van der Waals surface area contributed by atoms with E-state index in [-0.39, 0.29) is 0 Å². The van der Waals surface area contributed by atoms with Crippen molar-refractivity contribution >= 4 is 11.6 Å². The average Bonchev–Trinajstić information content (AvgIpc) is 3.10. The number of nitrogens with one attached hydrogen (secondary N) is 2. The van der Waals surface area contributed by atoms with Crippen molar-refractivity contribution in [1.82, 2.24) is 10.6 Å². The van der Waals surface area contributed by atoms with E-state index >= 15 is 0 Å². The highest BCUT2D eigenvalue weighted by Crippen LogP contribution is 2.24. The van der Waals surface area contributed by atoms with Gasteiger partial charge in [0.25, 0.3) is 0 Å². The molecule has 3 rings (SSSR count). The van der Waals surface area contributed by atoms with Gasteiger partial charge in [0.1, 0.15) is 0 Å². The molecule has 1 aromatic rings. The number of hydrogen-bond acceptors (Lipinski definition) is 2. The van der Waals surface area contributed by atoms with E-state index in [4.69, 9.17) is 11.6 Å². The van der Waals surface area contributed by atoms with Crippen molar-refractivity contribution in [2.24, 2.45) is 0 Å². The summed E-state index contributed by atoms with van der Waals surface area (Å²) in [4.78, 5) is 0. The van der Waals surface area contributed by atoms with E-state index in [1.54, 1.807) is 0 Å². The van der Waals surface area contributed by atoms with E-state index in [1.807, 2.05) is 6.07 Å². The smallest absolute Gasteiger partial charge is 0.0453 e. The van der Waals surface area contributed by atoms with Crippen molar-refractivity contribution < 1.29 is 0 Å². The first-order valence-electron chi connectivity index (χ1n) is 6.06. The van der Waals surface area contributed by atoms with Crippen molar-refractivity contribution in [3.8, 4) is 0 Å². The summed E-state index contributed by atoms with van der Waals surface area (Å²) in [5, 5.41) is 8.03. The number of benzene rings is 1. The average molecular weight is 237 g/mol. The van der Waals surface area contributed by atoms with Gasteiger partial charge < -0.3 is 10.6 Å². The molecule has 0 saturated heterocycles. The molecule has 1 aliphatic heterocycles. The normalized spacial score (nSPS) is 24.2. The lowest BCUT2D eigenvalue weighted by Crippen LogP contribution is -2.43. The first kappa shape index (κ1) is 10.6. The fourth-order valence-corrected chi connectivity index (χ4v) is 2.58. The predicted molar refractivity (Wildman–Crippen MR) is 66.8 cm³/mol. The second-order valence-electron chi connectivity index (χ2n) is 4.84.